The van der Waals surface area contributed by atoms with Gasteiger partial charge in [-0.05, 0) is 6.58 Å². The van der Waals surface area contributed by atoms with Gasteiger partial charge >= 0.3 is 0 Å². The van der Waals surface area contributed by atoms with Crippen LogP contribution in [0.1, 0.15) is 0 Å². The van der Waals surface area contributed by atoms with E-state index < -0.39 is 30.4 Å². The Bertz CT molecular complexity index is 145. The molecule has 10 heavy (non-hydrogen) atoms. The first-order valence-corrected chi connectivity index (χ1v) is 3.88. The van der Waals surface area contributed by atoms with Crippen LogP contribution in [-0.2, 0) is 11.4 Å². The monoisotopic (exact) mass is 167 g/mol. The van der Waals surface area contributed by atoms with Crippen LogP contribution in [0.15, 0.2) is 12.0 Å². The van der Waals surface area contributed by atoms with Gasteiger partial charge in [0.05, 0.1) is 11.4 Å². The molecule has 1 unspecified atom stereocenters. The van der Waals surface area contributed by atoms with Gasteiger partial charge in [0.2, 0.25) is 0 Å². The second kappa shape index (κ2) is 2.48. The van der Waals surface area contributed by atoms with Crippen LogP contribution >= 0.6 is 0 Å². The minimum absolute atomic E-state index is 0.411. The van der Waals surface area contributed by atoms with Crippen molar-refractivity contribution < 1.29 is 13.3 Å². The van der Waals surface area contributed by atoms with E-state index >= 15 is 0 Å². The average molecular weight is 167 g/mol. The maximum Gasteiger partial charge on any atom is 0.281 e. The Kier molecular flexibility index (Phi) is 1.98. The number of rotatable bonds is 2. The summed E-state index contributed by atoms with van der Waals surface area (Å²) >= 11 is -1.41. The quantitative estimate of drug-likeness (QED) is 0.567. The van der Waals surface area contributed by atoms with Gasteiger partial charge in [-0.25, -0.2) is 8.78 Å². The van der Waals surface area contributed by atoms with Crippen molar-refractivity contribution in [2.45, 2.75) is 5.92 Å². The molecule has 0 aliphatic carbocycles. The first kappa shape index (κ1) is 7.97. The summed E-state index contributed by atoms with van der Waals surface area (Å²) in [5.74, 6) is -2.64. The maximum atomic E-state index is 12.1. The fraction of sp³-hybridized carbons (Fsp3) is 0.600. The molecule has 0 N–H and O–H groups in total. The van der Waals surface area contributed by atoms with Crippen LogP contribution in [0.5, 0.6) is 0 Å². The summed E-state index contributed by atoms with van der Waals surface area (Å²) in [6.45, 7) is 2.40. The lowest BCUT2D eigenvalue weighted by Crippen LogP contribution is -2.57. The fourth-order valence-corrected chi connectivity index (χ4v) is 1.55. The van der Waals surface area contributed by atoms with E-state index in [9.17, 15) is 13.3 Å². The number of hydrogen-bond acceptors (Lipinski definition) is 2. The van der Waals surface area contributed by atoms with Crippen LogP contribution in [0.4, 0.5) is 8.78 Å². The summed E-state index contributed by atoms with van der Waals surface area (Å²) in [5, 5.41) is 1.15. The van der Waals surface area contributed by atoms with Crippen molar-refractivity contribution in [1.82, 2.24) is 4.31 Å². The van der Waals surface area contributed by atoms with Gasteiger partial charge in [-0.3, -0.25) is 0 Å². The number of hydrogen-bond donors (Lipinski definition) is 0. The van der Waals surface area contributed by atoms with Crippen LogP contribution in [0.25, 0.3) is 0 Å². The zero-order valence-electron chi connectivity index (χ0n) is 5.22. The third kappa shape index (κ3) is 1.47. The molecule has 1 aliphatic heterocycles. The molecule has 0 radical (unpaired) electrons. The molecule has 1 aliphatic rings. The van der Waals surface area contributed by atoms with Crippen molar-refractivity contribution in [3.8, 4) is 0 Å². The van der Waals surface area contributed by atoms with E-state index in [4.69, 9.17) is 0 Å². The molecule has 0 saturated carbocycles. The zero-order chi connectivity index (χ0) is 7.78. The first-order valence-electron chi connectivity index (χ1n) is 2.71. The molecule has 0 aromatic carbocycles. The molecule has 1 heterocycles. The molecule has 1 atom stereocenters. The second-order valence-electron chi connectivity index (χ2n) is 2.10. The summed E-state index contributed by atoms with van der Waals surface area (Å²) in [4.78, 5) is 0. The lowest BCUT2D eigenvalue weighted by atomic mass is 10.2. The molecule has 58 valence electrons. The Labute approximate surface area is 60.8 Å². The van der Waals surface area contributed by atoms with E-state index in [0.29, 0.717) is 0 Å². The van der Waals surface area contributed by atoms with Crippen molar-refractivity contribution in [2.24, 2.45) is 0 Å². The van der Waals surface area contributed by atoms with Crippen LogP contribution in [0, 0.1) is 0 Å². The Balaban J connectivity index is 2.32. The Morgan fingerprint density at radius 2 is 2.10 bits per heavy atom. The van der Waals surface area contributed by atoms with E-state index in [0.717, 1.165) is 9.71 Å². The van der Waals surface area contributed by atoms with Gasteiger partial charge in [0.25, 0.3) is 5.92 Å². The largest absolute Gasteiger partial charge is 0.593 e. The summed E-state index contributed by atoms with van der Waals surface area (Å²) in [7, 11) is 0. The normalized spacial score (nSPS) is 27.1. The number of alkyl halides is 2. The van der Waals surface area contributed by atoms with Crippen molar-refractivity contribution in [2.75, 3.05) is 13.1 Å². The summed E-state index contributed by atoms with van der Waals surface area (Å²) in [6, 6.07) is 0. The molecular weight excluding hydrogens is 160 g/mol. The molecule has 0 aromatic heterocycles. The van der Waals surface area contributed by atoms with Gasteiger partial charge in [-0.1, -0.05) is 0 Å². The zero-order valence-corrected chi connectivity index (χ0v) is 6.03. The Morgan fingerprint density at radius 1 is 1.60 bits per heavy atom. The molecule has 0 bridgehead atoms. The lowest BCUT2D eigenvalue weighted by Gasteiger charge is -2.36. The van der Waals surface area contributed by atoms with Gasteiger partial charge in [0.1, 0.15) is 18.5 Å². The van der Waals surface area contributed by atoms with Crippen LogP contribution in [0.3, 0.4) is 0 Å². The van der Waals surface area contributed by atoms with Crippen LogP contribution < -0.4 is 0 Å². The Hall–Kier alpha value is -0.130. The summed E-state index contributed by atoms with van der Waals surface area (Å²) in [5.41, 5.74) is 0. The van der Waals surface area contributed by atoms with E-state index in [2.05, 4.69) is 6.58 Å². The highest BCUT2D eigenvalue weighted by molar-refractivity contribution is 7.92. The second-order valence-corrected chi connectivity index (χ2v) is 3.50. The average Bonchev–Trinajstić information content (AvgIpc) is 1.81. The van der Waals surface area contributed by atoms with Crippen LogP contribution in [-0.4, -0.2) is 27.9 Å². The van der Waals surface area contributed by atoms with E-state index in [1.165, 1.54) is 0 Å². The summed E-state index contributed by atoms with van der Waals surface area (Å²) in [6.07, 6.45) is 0. The smallest absolute Gasteiger partial charge is 0.281 e. The minimum Gasteiger partial charge on any atom is -0.593 e. The molecule has 0 amide bonds. The van der Waals surface area contributed by atoms with Crippen molar-refractivity contribution in [1.29, 1.82) is 0 Å². The molecule has 0 aromatic rings. The standard InChI is InChI=1S/C5H7F2NOS/c1-2-10(9)8-3-5(6,7)4-8/h2H,1,3-4H2. The number of halogens is 2. The fourth-order valence-electron chi connectivity index (χ4n) is 0.702. The molecular formula is C5H7F2NOS. The number of nitrogens with zero attached hydrogens (tertiary/aromatic N) is 1. The highest BCUT2D eigenvalue weighted by atomic mass is 32.2. The first-order chi connectivity index (χ1) is 4.55. The highest BCUT2D eigenvalue weighted by Crippen LogP contribution is 2.29. The topological polar surface area (TPSA) is 26.3 Å². The third-order valence-electron chi connectivity index (χ3n) is 1.21. The molecule has 0 spiro atoms. The van der Waals surface area contributed by atoms with Crippen molar-refractivity contribution in [3.63, 3.8) is 0 Å². The van der Waals surface area contributed by atoms with Crippen molar-refractivity contribution in [3.05, 3.63) is 12.0 Å². The van der Waals surface area contributed by atoms with Gasteiger partial charge < -0.3 is 4.55 Å². The van der Waals surface area contributed by atoms with E-state index in [1.54, 1.807) is 0 Å². The Morgan fingerprint density at radius 3 is 2.40 bits per heavy atom. The van der Waals surface area contributed by atoms with E-state index in [-0.39, 0.29) is 0 Å². The minimum atomic E-state index is -2.64. The predicted octanol–water partition coefficient (Wildman–Crippen LogP) is 0.744. The molecule has 2 nitrogen and oxygen atoms in total. The molecule has 1 rings (SSSR count). The third-order valence-corrected chi connectivity index (χ3v) is 2.26. The van der Waals surface area contributed by atoms with Gasteiger partial charge in [-0.15, -0.1) is 4.31 Å². The van der Waals surface area contributed by atoms with Crippen LogP contribution in [0.2, 0.25) is 0 Å². The highest BCUT2D eigenvalue weighted by Gasteiger charge is 2.49. The molecule has 5 heteroatoms. The lowest BCUT2D eigenvalue weighted by molar-refractivity contribution is -0.0940. The molecule has 1 saturated heterocycles. The molecule has 1 fully saturated rings. The van der Waals surface area contributed by atoms with Gasteiger partial charge in [0, 0.05) is 0 Å². The van der Waals surface area contributed by atoms with Crippen molar-refractivity contribution >= 4 is 11.4 Å². The maximum absolute atomic E-state index is 12.1. The predicted molar refractivity (Wildman–Crippen MR) is 34.9 cm³/mol. The summed E-state index contributed by atoms with van der Waals surface area (Å²) < 4.78 is 36.0. The van der Waals surface area contributed by atoms with E-state index in [1.807, 2.05) is 0 Å². The SMILES string of the molecule is C=C[S+]([O-])N1CC(F)(F)C1. The van der Waals surface area contributed by atoms with Gasteiger partial charge in [-0.2, -0.15) is 0 Å². The van der Waals surface area contributed by atoms with Gasteiger partial charge in [0.15, 0.2) is 0 Å².